The van der Waals surface area contributed by atoms with Crippen molar-refractivity contribution in [1.29, 1.82) is 0 Å². The van der Waals surface area contributed by atoms with Crippen molar-refractivity contribution in [2.45, 2.75) is 31.7 Å². The van der Waals surface area contributed by atoms with E-state index in [2.05, 4.69) is 11.1 Å². The summed E-state index contributed by atoms with van der Waals surface area (Å²) < 4.78 is 12.0. The minimum Gasteiger partial charge on any atom is -0.487 e. The molecule has 1 aliphatic rings. The van der Waals surface area contributed by atoms with E-state index >= 15 is 0 Å². The van der Waals surface area contributed by atoms with Gasteiger partial charge in [0.25, 0.3) is 0 Å². The van der Waals surface area contributed by atoms with E-state index in [1.807, 2.05) is 78.9 Å². The monoisotopic (exact) mass is 397 g/mol. The maximum atomic E-state index is 10.9. The van der Waals surface area contributed by atoms with Crippen molar-refractivity contribution in [3.05, 3.63) is 102 Å². The molecule has 0 saturated heterocycles. The molecular weight excluding hydrogens is 374 g/mol. The molecule has 2 atom stereocenters. The molecule has 5 rings (SSSR count). The second-order valence-electron chi connectivity index (χ2n) is 7.60. The summed E-state index contributed by atoms with van der Waals surface area (Å²) in [6, 6.07) is 27.7. The first-order chi connectivity index (χ1) is 14.8. The summed E-state index contributed by atoms with van der Waals surface area (Å²) in [4.78, 5) is 4.66. The molecule has 0 unspecified atom stereocenters. The molecule has 0 fully saturated rings. The molecule has 4 nitrogen and oxygen atoms in total. The first kappa shape index (κ1) is 18.6. The molecule has 150 valence electrons. The van der Waals surface area contributed by atoms with E-state index in [-0.39, 0.29) is 6.10 Å². The fraction of sp³-hybridized carbons (Fsp3) is 0.192. The van der Waals surface area contributed by atoms with E-state index in [1.54, 1.807) is 0 Å². The lowest BCUT2D eigenvalue weighted by Crippen LogP contribution is -2.30. The fourth-order valence-corrected chi connectivity index (χ4v) is 3.96. The smallest absolute Gasteiger partial charge is 0.130 e. The van der Waals surface area contributed by atoms with Crippen LogP contribution in [0, 0.1) is 0 Å². The highest BCUT2D eigenvalue weighted by molar-refractivity contribution is 5.78. The van der Waals surface area contributed by atoms with Gasteiger partial charge in [0.05, 0.1) is 11.2 Å². The predicted molar refractivity (Wildman–Crippen MR) is 117 cm³/mol. The maximum absolute atomic E-state index is 10.9. The van der Waals surface area contributed by atoms with Gasteiger partial charge in [-0.05, 0) is 60.4 Å². The van der Waals surface area contributed by atoms with Crippen LogP contribution in [0.1, 0.15) is 29.3 Å². The fourth-order valence-electron chi connectivity index (χ4n) is 3.96. The second kappa shape index (κ2) is 8.17. The largest absolute Gasteiger partial charge is 0.487 e. The van der Waals surface area contributed by atoms with Gasteiger partial charge in [-0.15, -0.1) is 0 Å². The molecule has 0 amide bonds. The number of fused-ring (bicyclic) bond motifs is 2. The molecule has 1 N–H and O–H groups in total. The Labute approximate surface area is 175 Å². The van der Waals surface area contributed by atoms with Gasteiger partial charge in [-0.25, -0.2) is 4.98 Å². The van der Waals surface area contributed by atoms with Crippen molar-refractivity contribution in [3.8, 4) is 11.5 Å². The molecule has 0 aliphatic heterocycles. The lowest BCUT2D eigenvalue weighted by Gasteiger charge is -2.30. The Morgan fingerprint density at radius 3 is 2.60 bits per heavy atom. The van der Waals surface area contributed by atoms with Crippen LogP contribution in [0.4, 0.5) is 0 Å². The zero-order chi connectivity index (χ0) is 20.3. The lowest BCUT2D eigenvalue weighted by molar-refractivity contribution is 0.0229. The van der Waals surface area contributed by atoms with E-state index < -0.39 is 6.10 Å². The van der Waals surface area contributed by atoms with Crippen LogP contribution in [-0.4, -0.2) is 16.2 Å². The van der Waals surface area contributed by atoms with Gasteiger partial charge >= 0.3 is 0 Å². The summed E-state index contributed by atoms with van der Waals surface area (Å²) in [5.74, 6) is 1.50. The third kappa shape index (κ3) is 3.87. The van der Waals surface area contributed by atoms with Crippen LogP contribution in [0.3, 0.4) is 0 Å². The van der Waals surface area contributed by atoms with E-state index in [0.29, 0.717) is 6.61 Å². The van der Waals surface area contributed by atoms with Crippen LogP contribution in [0.2, 0.25) is 0 Å². The predicted octanol–water partition coefficient (Wildman–Crippen LogP) is 5.24. The van der Waals surface area contributed by atoms with Crippen LogP contribution in [0.25, 0.3) is 10.9 Å². The third-order valence-electron chi connectivity index (χ3n) is 5.56. The molecule has 30 heavy (non-hydrogen) atoms. The van der Waals surface area contributed by atoms with Gasteiger partial charge in [0, 0.05) is 5.39 Å². The summed E-state index contributed by atoms with van der Waals surface area (Å²) in [7, 11) is 0. The number of benzene rings is 3. The highest BCUT2D eigenvalue weighted by atomic mass is 16.5. The number of nitrogens with zero attached hydrogens (tertiary/aromatic N) is 1. The van der Waals surface area contributed by atoms with E-state index in [0.717, 1.165) is 52.1 Å². The topological polar surface area (TPSA) is 51.6 Å². The number of aliphatic hydroxyl groups is 1. The summed E-state index contributed by atoms with van der Waals surface area (Å²) >= 11 is 0. The maximum Gasteiger partial charge on any atom is 0.130 e. The number of hydrogen-bond acceptors (Lipinski definition) is 4. The molecule has 0 saturated carbocycles. The zero-order valence-electron chi connectivity index (χ0n) is 16.6. The van der Waals surface area contributed by atoms with Crippen LogP contribution in [-0.2, 0) is 13.0 Å². The van der Waals surface area contributed by atoms with Crippen LogP contribution >= 0.6 is 0 Å². The summed E-state index contributed by atoms with van der Waals surface area (Å²) in [6.07, 6.45) is 0.703. The number of ether oxygens (including phenoxy) is 2. The summed E-state index contributed by atoms with van der Waals surface area (Å²) in [5.41, 5.74) is 3.86. The van der Waals surface area contributed by atoms with Gasteiger partial charge in [-0.2, -0.15) is 0 Å². The molecule has 1 heterocycles. The molecule has 0 spiro atoms. The highest BCUT2D eigenvalue weighted by Gasteiger charge is 2.30. The van der Waals surface area contributed by atoms with E-state index in [1.165, 1.54) is 0 Å². The number of para-hydroxylation sites is 2. The molecule has 1 aromatic heterocycles. The van der Waals surface area contributed by atoms with Gasteiger partial charge < -0.3 is 14.6 Å². The van der Waals surface area contributed by atoms with Crippen molar-refractivity contribution < 1.29 is 14.6 Å². The Bertz CT molecular complexity index is 1160. The van der Waals surface area contributed by atoms with E-state index in [9.17, 15) is 5.11 Å². The van der Waals surface area contributed by atoms with E-state index in [4.69, 9.17) is 9.47 Å². The first-order valence-electron chi connectivity index (χ1n) is 10.3. The standard InChI is InChI=1S/C26H23NO3/c28-26-23-16-22(29-17-20-13-10-19-6-4-5-9-24(19)27-20)14-11-18(23)12-15-25(26)30-21-7-2-1-3-8-21/h1-11,13-14,16,25-26,28H,12,15,17H2/t25-,26-/m1/s1. The Hall–Kier alpha value is -3.37. The van der Waals surface area contributed by atoms with Crippen molar-refractivity contribution >= 4 is 10.9 Å². The van der Waals surface area contributed by atoms with Crippen LogP contribution in [0.15, 0.2) is 84.9 Å². The van der Waals surface area contributed by atoms with Crippen molar-refractivity contribution in [2.24, 2.45) is 0 Å². The number of aliphatic hydroxyl groups excluding tert-OH is 1. The number of hydrogen-bond donors (Lipinski definition) is 1. The normalized spacial score (nSPS) is 18.0. The number of aryl methyl sites for hydroxylation is 1. The average molecular weight is 397 g/mol. The quantitative estimate of drug-likeness (QED) is 0.500. The van der Waals surface area contributed by atoms with Gasteiger partial charge in [0.1, 0.15) is 30.3 Å². The molecule has 0 bridgehead atoms. The van der Waals surface area contributed by atoms with Crippen LogP contribution < -0.4 is 9.47 Å². The van der Waals surface area contributed by atoms with Gasteiger partial charge in [0.15, 0.2) is 0 Å². The highest BCUT2D eigenvalue weighted by Crippen LogP contribution is 2.35. The molecule has 1 aliphatic carbocycles. The third-order valence-corrected chi connectivity index (χ3v) is 5.56. The van der Waals surface area contributed by atoms with Crippen molar-refractivity contribution in [1.82, 2.24) is 4.98 Å². The SMILES string of the molecule is O[C@@H]1c2cc(OCc3ccc4ccccc4n3)ccc2CC[C@H]1Oc1ccccc1. The van der Waals surface area contributed by atoms with Crippen molar-refractivity contribution in [3.63, 3.8) is 0 Å². The van der Waals surface area contributed by atoms with Gasteiger partial charge in [-0.3, -0.25) is 0 Å². The van der Waals surface area contributed by atoms with Gasteiger partial charge in [0.2, 0.25) is 0 Å². The molecule has 4 aromatic rings. The minimum absolute atomic E-state index is 0.266. The average Bonchev–Trinajstić information content (AvgIpc) is 2.80. The molecule has 3 aromatic carbocycles. The number of pyridine rings is 1. The first-order valence-corrected chi connectivity index (χ1v) is 10.3. The number of rotatable bonds is 5. The Morgan fingerprint density at radius 2 is 1.70 bits per heavy atom. The molecule has 4 heteroatoms. The summed E-state index contributed by atoms with van der Waals surface area (Å²) in [6.45, 7) is 0.379. The van der Waals surface area contributed by atoms with Crippen molar-refractivity contribution in [2.75, 3.05) is 0 Å². The summed E-state index contributed by atoms with van der Waals surface area (Å²) in [5, 5.41) is 12.0. The Kier molecular flexibility index (Phi) is 5.08. The van der Waals surface area contributed by atoms with Crippen LogP contribution in [0.5, 0.6) is 11.5 Å². The van der Waals surface area contributed by atoms with Gasteiger partial charge in [-0.1, -0.05) is 48.5 Å². The Morgan fingerprint density at radius 1 is 0.867 bits per heavy atom. The Balaban J connectivity index is 1.30. The molecule has 0 radical (unpaired) electrons. The minimum atomic E-state index is -0.684. The molecular formula is C26H23NO3. The second-order valence-corrected chi connectivity index (χ2v) is 7.60. The lowest BCUT2D eigenvalue weighted by atomic mass is 9.87. The zero-order valence-corrected chi connectivity index (χ0v) is 16.6. The number of aromatic nitrogens is 1.